The third kappa shape index (κ3) is 4.05. The Bertz CT molecular complexity index is 1980. The number of aromatic nitrogens is 2. The van der Waals surface area contributed by atoms with E-state index >= 15 is 0 Å². The van der Waals surface area contributed by atoms with Gasteiger partial charge in [-0.1, -0.05) is 20.8 Å². The van der Waals surface area contributed by atoms with Crippen LogP contribution in [-0.4, -0.2) is 56.9 Å². The van der Waals surface area contributed by atoms with Gasteiger partial charge in [-0.25, -0.2) is 9.78 Å². The number of esters is 1. The molecule has 246 valence electrons. The van der Waals surface area contributed by atoms with Gasteiger partial charge >= 0.3 is 5.97 Å². The minimum Gasteiger partial charge on any atom is -0.458 e. The number of carbonyl (C=O) groups is 3. The summed E-state index contributed by atoms with van der Waals surface area (Å²) in [5.74, 6) is -0.258. The first-order valence-corrected chi connectivity index (χ1v) is 16.1. The molecule has 3 saturated carbocycles. The summed E-state index contributed by atoms with van der Waals surface area (Å²) in [5, 5.41) is 18.1. The van der Waals surface area contributed by atoms with Crippen molar-refractivity contribution in [1.29, 1.82) is 0 Å². The monoisotopic (exact) mass is 643 g/mol. The molecule has 1 aromatic carbocycles. The molecule has 0 radical (unpaired) electrons. The van der Waals surface area contributed by atoms with Gasteiger partial charge < -0.3 is 40.3 Å². The van der Waals surface area contributed by atoms with Crippen LogP contribution in [-0.2, 0) is 43.3 Å². The van der Waals surface area contributed by atoms with E-state index in [4.69, 9.17) is 24.9 Å². The largest absolute Gasteiger partial charge is 0.458 e. The van der Waals surface area contributed by atoms with Crippen LogP contribution >= 0.6 is 0 Å². The fraction of sp³-hybridized carbons (Fsp3) is 0.500. The van der Waals surface area contributed by atoms with E-state index in [0.29, 0.717) is 47.7 Å². The second kappa shape index (κ2) is 9.77. The van der Waals surface area contributed by atoms with Crippen molar-refractivity contribution >= 4 is 28.7 Å². The Balaban J connectivity index is 1.17. The topological polar surface area (TPSA) is 184 Å². The first-order valence-electron chi connectivity index (χ1n) is 16.1. The molecule has 0 saturated heterocycles. The molecule has 0 spiro atoms. The standard InChI is InChI=1S/C34H37N5O8/c1-5-34(44)20-7-22-27-18(9-39(22)30(42)19(20)10-45-31(34)43)25(17-6-23-24(47-14-46-23)8-21(17)37-27)32-11-33(12-32,13-32)38-28(40)16(4)36-29(41)26(35)15(2)3/h6-8,15-16,26,44H,5,9-14,35H2,1-4H3,(H,36,41)(H,38,40)/t16-,26-,32?,33?,34-/m0/s1. The lowest BCUT2D eigenvalue weighted by Crippen LogP contribution is -2.77. The molecule has 9 rings (SSSR count). The Kier molecular flexibility index (Phi) is 6.21. The molecule has 2 amide bonds. The molecular formula is C34H37N5O8. The van der Waals surface area contributed by atoms with E-state index in [1.807, 2.05) is 26.0 Å². The zero-order chi connectivity index (χ0) is 33.2. The molecule has 3 aliphatic heterocycles. The second-order valence-corrected chi connectivity index (χ2v) is 14.2. The van der Waals surface area contributed by atoms with Crippen molar-refractivity contribution < 1.29 is 33.7 Å². The lowest BCUT2D eigenvalue weighted by molar-refractivity contribution is -0.172. The number of fused-ring (bicyclic) bond motifs is 6. The summed E-state index contributed by atoms with van der Waals surface area (Å²) in [6, 6.07) is 4.06. The molecule has 3 fully saturated rings. The fourth-order valence-corrected chi connectivity index (χ4v) is 8.31. The zero-order valence-corrected chi connectivity index (χ0v) is 26.7. The molecule has 3 aliphatic carbocycles. The second-order valence-electron chi connectivity index (χ2n) is 14.2. The molecule has 13 nitrogen and oxygen atoms in total. The molecule has 6 aliphatic rings. The number of carbonyl (C=O) groups excluding carboxylic acids is 3. The van der Waals surface area contributed by atoms with Crippen molar-refractivity contribution in [2.75, 3.05) is 6.79 Å². The highest BCUT2D eigenvalue weighted by molar-refractivity contribution is 5.94. The zero-order valence-electron chi connectivity index (χ0n) is 26.7. The van der Waals surface area contributed by atoms with Crippen molar-refractivity contribution in [3.63, 3.8) is 0 Å². The number of hydrogen-bond donors (Lipinski definition) is 4. The Labute approximate surface area is 269 Å². The molecular weight excluding hydrogens is 606 g/mol. The van der Waals surface area contributed by atoms with Crippen LogP contribution in [0.5, 0.6) is 11.5 Å². The minimum atomic E-state index is -1.92. The van der Waals surface area contributed by atoms with E-state index in [0.717, 1.165) is 16.5 Å². The molecule has 47 heavy (non-hydrogen) atoms. The maximum Gasteiger partial charge on any atom is 0.343 e. The summed E-state index contributed by atoms with van der Waals surface area (Å²) in [5.41, 5.74) is 7.32. The van der Waals surface area contributed by atoms with Crippen molar-refractivity contribution in [2.45, 2.75) is 95.2 Å². The Hall–Kier alpha value is -4.49. The first-order chi connectivity index (χ1) is 22.3. The van der Waals surface area contributed by atoms with E-state index in [1.54, 1.807) is 24.5 Å². The van der Waals surface area contributed by atoms with Gasteiger partial charge in [-0.05, 0) is 56.2 Å². The SMILES string of the molecule is CC[C@@]1(O)C(=O)OCc2c1cc1n(c2=O)Cc2c-1nc1cc3c(cc1c2C12CC(NC(=O)[C@H](C)NC(=O)[C@@H](N)C(C)C)(C1)C2)OCO3. The molecule has 5 N–H and O–H groups in total. The number of pyridine rings is 2. The van der Waals surface area contributed by atoms with Gasteiger partial charge in [-0.3, -0.25) is 14.4 Å². The van der Waals surface area contributed by atoms with Crippen LogP contribution in [0.15, 0.2) is 23.0 Å². The number of benzene rings is 1. The van der Waals surface area contributed by atoms with Crippen molar-refractivity contribution in [2.24, 2.45) is 11.7 Å². The van der Waals surface area contributed by atoms with Gasteiger partial charge in [0.25, 0.3) is 5.56 Å². The maximum absolute atomic E-state index is 13.9. The number of aliphatic hydroxyl groups is 1. The Morgan fingerprint density at radius 3 is 2.43 bits per heavy atom. The maximum atomic E-state index is 13.9. The number of rotatable bonds is 7. The highest BCUT2D eigenvalue weighted by Crippen LogP contribution is 2.70. The normalized spacial score (nSPS) is 27.2. The van der Waals surface area contributed by atoms with E-state index < -0.39 is 29.2 Å². The number of hydrogen-bond acceptors (Lipinski definition) is 10. The number of ether oxygens (including phenoxy) is 3. The third-order valence-electron chi connectivity index (χ3n) is 10.9. The minimum absolute atomic E-state index is 0.0538. The van der Waals surface area contributed by atoms with Crippen LogP contribution in [0, 0.1) is 5.92 Å². The van der Waals surface area contributed by atoms with Crippen LogP contribution in [0.3, 0.4) is 0 Å². The Morgan fingerprint density at radius 1 is 1.04 bits per heavy atom. The van der Waals surface area contributed by atoms with E-state index in [-0.39, 0.29) is 66.2 Å². The smallest absolute Gasteiger partial charge is 0.343 e. The van der Waals surface area contributed by atoms with E-state index in [2.05, 4.69) is 10.6 Å². The van der Waals surface area contributed by atoms with Crippen molar-refractivity contribution in [3.8, 4) is 22.9 Å². The first kappa shape index (κ1) is 29.9. The van der Waals surface area contributed by atoms with Crippen LogP contribution in [0.4, 0.5) is 0 Å². The Morgan fingerprint density at radius 2 is 1.74 bits per heavy atom. The van der Waals surface area contributed by atoms with Gasteiger partial charge in [0, 0.05) is 33.5 Å². The molecule has 3 aromatic rings. The van der Waals surface area contributed by atoms with Crippen LogP contribution in [0.2, 0.25) is 0 Å². The van der Waals surface area contributed by atoms with Gasteiger partial charge in [-0.2, -0.15) is 0 Å². The summed E-state index contributed by atoms with van der Waals surface area (Å²) >= 11 is 0. The molecule has 5 heterocycles. The average Bonchev–Trinajstić information content (AvgIpc) is 3.62. The number of nitrogens with zero attached hydrogens (tertiary/aromatic N) is 2. The quantitative estimate of drug-likeness (QED) is 0.216. The highest BCUT2D eigenvalue weighted by atomic mass is 16.7. The number of nitrogens with two attached hydrogens (primary N) is 1. The molecule has 2 bridgehead atoms. The average molecular weight is 644 g/mol. The number of amides is 2. The lowest BCUT2D eigenvalue weighted by atomic mass is 9.37. The van der Waals surface area contributed by atoms with Crippen LogP contribution in [0.1, 0.15) is 75.6 Å². The van der Waals surface area contributed by atoms with Gasteiger partial charge in [0.1, 0.15) is 12.6 Å². The molecule has 13 heteroatoms. The predicted molar refractivity (Wildman–Crippen MR) is 167 cm³/mol. The van der Waals surface area contributed by atoms with Gasteiger partial charge in [-0.15, -0.1) is 0 Å². The predicted octanol–water partition coefficient (Wildman–Crippen LogP) is 1.59. The van der Waals surface area contributed by atoms with Gasteiger partial charge in [0.2, 0.25) is 18.6 Å². The van der Waals surface area contributed by atoms with Crippen LogP contribution < -0.4 is 31.4 Å². The van der Waals surface area contributed by atoms with E-state index in [9.17, 15) is 24.3 Å². The molecule has 0 unspecified atom stereocenters. The highest BCUT2D eigenvalue weighted by Gasteiger charge is 2.70. The van der Waals surface area contributed by atoms with E-state index in [1.165, 1.54) is 0 Å². The summed E-state index contributed by atoms with van der Waals surface area (Å²) in [7, 11) is 0. The van der Waals surface area contributed by atoms with Crippen molar-refractivity contribution in [3.05, 3.63) is 50.8 Å². The van der Waals surface area contributed by atoms with Gasteiger partial charge in [0.15, 0.2) is 17.1 Å². The summed E-state index contributed by atoms with van der Waals surface area (Å²) < 4.78 is 18.3. The number of nitrogens with one attached hydrogen (secondary N) is 2. The summed E-state index contributed by atoms with van der Waals surface area (Å²) in [6.45, 7) is 7.20. The molecule has 2 aromatic heterocycles. The van der Waals surface area contributed by atoms with Gasteiger partial charge in [0.05, 0.1) is 35.1 Å². The fourth-order valence-electron chi connectivity index (χ4n) is 8.31. The molecule has 3 atom stereocenters. The number of cyclic esters (lactones) is 1. The van der Waals surface area contributed by atoms with Crippen LogP contribution in [0.25, 0.3) is 22.3 Å². The third-order valence-corrected chi connectivity index (χ3v) is 10.9. The summed E-state index contributed by atoms with van der Waals surface area (Å²) in [4.78, 5) is 57.3. The lowest BCUT2D eigenvalue weighted by Gasteiger charge is -2.71. The van der Waals surface area contributed by atoms with Crippen molar-refractivity contribution in [1.82, 2.24) is 20.2 Å². The summed E-state index contributed by atoms with van der Waals surface area (Å²) in [6.07, 6.45) is 2.09.